The first-order chi connectivity index (χ1) is 20.8. The summed E-state index contributed by atoms with van der Waals surface area (Å²) in [5.74, 6) is -0.770. The highest BCUT2D eigenvalue weighted by molar-refractivity contribution is 6.32. The summed E-state index contributed by atoms with van der Waals surface area (Å²) in [6.45, 7) is 5.95. The number of nitrogens with zero attached hydrogens (tertiary/aromatic N) is 3. The van der Waals surface area contributed by atoms with E-state index in [0.29, 0.717) is 33.6 Å². The van der Waals surface area contributed by atoms with Crippen molar-refractivity contribution in [3.8, 4) is 0 Å². The standard InChI is InChI=1S/C34H32N6O3/c1-22-6-7-25(20-35-22)33(42)37-27-5-3-4-23(18-27)32(41)24-8-13-29-30(34(43)38-31(29)19-24)21-36-26-9-11-28(12-10-26)40-16-14-39(2)15-17-40/h3-13,18-21,36H,14-17H2,1-2H3,(H,37,42)(H,38,43). The number of benzene rings is 3. The first-order valence-corrected chi connectivity index (χ1v) is 14.2. The summed E-state index contributed by atoms with van der Waals surface area (Å²) in [5.41, 5.74) is 6.44. The molecule has 3 aromatic carbocycles. The molecule has 3 N–H and O–H groups in total. The van der Waals surface area contributed by atoms with Gasteiger partial charge in [-0.05, 0) is 68.6 Å². The number of nitrogens with one attached hydrogen (secondary N) is 3. The molecule has 43 heavy (non-hydrogen) atoms. The van der Waals surface area contributed by atoms with E-state index in [9.17, 15) is 14.4 Å². The lowest BCUT2D eigenvalue weighted by Crippen LogP contribution is -2.44. The number of amides is 2. The van der Waals surface area contributed by atoms with Gasteiger partial charge in [0.1, 0.15) is 0 Å². The van der Waals surface area contributed by atoms with Crippen LogP contribution in [0.4, 0.5) is 22.7 Å². The summed E-state index contributed by atoms with van der Waals surface area (Å²) >= 11 is 0. The molecular formula is C34H32N6O3. The summed E-state index contributed by atoms with van der Waals surface area (Å²) in [7, 11) is 2.14. The first-order valence-electron chi connectivity index (χ1n) is 14.2. The van der Waals surface area contributed by atoms with Crippen molar-refractivity contribution in [1.29, 1.82) is 0 Å². The molecule has 9 nitrogen and oxygen atoms in total. The molecular weight excluding hydrogens is 540 g/mol. The van der Waals surface area contributed by atoms with Crippen molar-refractivity contribution in [3.05, 3.63) is 119 Å². The Bertz CT molecular complexity index is 1720. The maximum Gasteiger partial charge on any atom is 0.257 e. The van der Waals surface area contributed by atoms with Crippen LogP contribution in [0.1, 0.15) is 37.5 Å². The molecule has 2 amide bonds. The van der Waals surface area contributed by atoms with Gasteiger partial charge in [0.2, 0.25) is 0 Å². The molecule has 6 rings (SSSR count). The van der Waals surface area contributed by atoms with E-state index in [1.54, 1.807) is 60.8 Å². The smallest absolute Gasteiger partial charge is 0.257 e. The highest BCUT2D eigenvalue weighted by Crippen LogP contribution is 2.33. The number of aryl methyl sites for hydroxylation is 1. The average Bonchev–Trinajstić information content (AvgIpc) is 3.34. The summed E-state index contributed by atoms with van der Waals surface area (Å²) in [5, 5.41) is 8.93. The number of fused-ring (bicyclic) bond motifs is 1. The quantitative estimate of drug-likeness (QED) is 0.211. The molecule has 0 saturated carbocycles. The van der Waals surface area contributed by atoms with Crippen LogP contribution in [0.2, 0.25) is 0 Å². The number of hydrogen-bond acceptors (Lipinski definition) is 7. The largest absolute Gasteiger partial charge is 0.369 e. The zero-order valence-corrected chi connectivity index (χ0v) is 24.1. The van der Waals surface area contributed by atoms with Gasteiger partial charge in [-0.2, -0.15) is 0 Å². The van der Waals surface area contributed by atoms with Gasteiger partial charge in [-0.25, -0.2) is 0 Å². The Kier molecular flexibility index (Phi) is 7.72. The minimum absolute atomic E-state index is 0.221. The summed E-state index contributed by atoms with van der Waals surface area (Å²) in [6, 6.07) is 23.6. The van der Waals surface area contributed by atoms with Gasteiger partial charge in [-0.3, -0.25) is 19.4 Å². The first kappa shape index (κ1) is 27.9. The molecule has 0 bridgehead atoms. The molecule has 0 radical (unpaired) electrons. The molecule has 0 spiro atoms. The maximum absolute atomic E-state index is 13.4. The van der Waals surface area contributed by atoms with Crippen molar-refractivity contribution < 1.29 is 14.4 Å². The fraction of sp³-hybridized carbons (Fsp3) is 0.176. The third-order valence-corrected chi connectivity index (χ3v) is 7.74. The third kappa shape index (κ3) is 6.17. The number of likely N-dealkylation sites (N-methyl/N-ethyl adjacent to an activating group) is 1. The molecule has 2 aliphatic heterocycles. The van der Waals surface area contributed by atoms with E-state index >= 15 is 0 Å². The molecule has 1 fully saturated rings. The van der Waals surface area contributed by atoms with Gasteiger partial charge in [0.05, 0.1) is 11.1 Å². The van der Waals surface area contributed by atoms with Gasteiger partial charge in [-0.15, -0.1) is 0 Å². The second-order valence-electron chi connectivity index (χ2n) is 10.8. The molecule has 3 heterocycles. The van der Waals surface area contributed by atoms with Crippen LogP contribution >= 0.6 is 0 Å². The van der Waals surface area contributed by atoms with Crippen molar-refractivity contribution in [2.24, 2.45) is 0 Å². The van der Waals surface area contributed by atoms with Crippen LogP contribution in [-0.4, -0.2) is 60.7 Å². The highest BCUT2D eigenvalue weighted by atomic mass is 16.2. The minimum Gasteiger partial charge on any atom is -0.369 e. The minimum atomic E-state index is -0.309. The Morgan fingerprint density at radius 1 is 0.860 bits per heavy atom. The topological polar surface area (TPSA) is 107 Å². The predicted octanol–water partition coefficient (Wildman–Crippen LogP) is 5.03. The Balaban J connectivity index is 1.13. The second kappa shape index (κ2) is 11.9. The Morgan fingerprint density at radius 3 is 2.35 bits per heavy atom. The molecule has 9 heteroatoms. The van der Waals surface area contributed by atoms with Gasteiger partial charge >= 0.3 is 0 Å². The number of ketones is 1. The van der Waals surface area contributed by atoms with Gasteiger partial charge in [-0.1, -0.05) is 24.3 Å². The van der Waals surface area contributed by atoms with E-state index in [4.69, 9.17) is 0 Å². The monoisotopic (exact) mass is 572 g/mol. The van der Waals surface area contributed by atoms with Gasteiger partial charge in [0.15, 0.2) is 5.78 Å². The molecule has 0 unspecified atom stereocenters. The van der Waals surface area contributed by atoms with Crippen molar-refractivity contribution >= 4 is 45.9 Å². The van der Waals surface area contributed by atoms with Crippen molar-refractivity contribution in [3.63, 3.8) is 0 Å². The molecule has 2 aliphatic rings. The summed E-state index contributed by atoms with van der Waals surface area (Å²) in [4.78, 5) is 47.6. The number of hydrogen-bond donors (Lipinski definition) is 3. The molecule has 0 atom stereocenters. The van der Waals surface area contributed by atoms with Crippen LogP contribution in [0.3, 0.4) is 0 Å². The van der Waals surface area contributed by atoms with E-state index in [2.05, 4.69) is 49.9 Å². The maximum atomic E-state index is 13.4. The van der Waals surface area contributed by atoms with Crippen LogP contribution in [0.25, 0.3) is 5.57 Å². The number of pyridine rings is 1. The summed E-state index contributed by atoms with van der Waals surface area (Å²) < 4.78 is 0. The van der Waals surface area contributed by atoms with E-state index in [0.717, 1.165) is 43.1 Å². The molecule has 1 saturated heterocycles. The number of carbonyl (C=O) groups is 3. The average molecular weight is 573 g/mol. The number of aromatic nitrogens is 1. The molecule has 1 aromatic heterocycles. The zero-order valence-electron chi connectivity index (χ0n) is 24.1. The third-order valence-electron chi connectivity index (χ3n) is 7.74. The van der Waals surface area contributed by atoms with Crippen molar-refractivity contribution in [1.82, 2.24) is 9.88 Å². The molecule has 0 aliphatic carbocycles. The van der Waals surface area contributed by atoms with Crippen molar-refractivity contribution in [2.75, 3.05) is 54.1 Å². The Morgan fingerprint density at radius 2 is 1.60 bits per heavy atom. The summed E-state index contributed by atoms with van der Waals surface area (Å²) in [6.07, 6.45) is 3.21. The lowest BCUT2D eigenvalue weighted by atomic mass is 9.99. The molecule has 216 valence electrons. The van der Waals surface area contributed by atoms with Crippen LogP contribution in [0.5, 0.6) is 0 Å². The fourth-order valence-corrected chi connectivity index (χ4v) is 5.18. The molecule has 4 aromatic rings. The lowest BCUT2D eigenvalue weighted by Gasteiger charge is -2.34. The van der Waals surface area contributed by atoms with E-state index in [-0.39, 0.29) is 17.6 Å². The fourth-order valence-electron chi connectivity index (χ4n) is 5.18. The highest BCUT2D eigenvalue weighted by Gasteiger charge is 2.25. The van der Waals surface area contributed by atoms with Crippen LogP contribution in [0.15, 0.2) is 91.3 Å². The van der Waals surface area contributed by atoms with Crippen LogP contribution in [-0.2, 0) is 4.79 Å². The van der Waals surface area contributed by atoms with Crippen LogP contribution in [0, 0.1) is 6.92 Å². The van der Waals surface area contributed by atoms with Crippen molar-refractivity contribution in [2.45, 2.75) is 6.92 Å². The van der Waals surface area contributed by atoms with E-state index in [1.165, 1.54) is 11.9 Å². The SMILES string of the molecule is Cc1ccc(C(=O)Nc2cccc(C(=O)c3ccc4c(c3)NC(=O)C4=CNc3ccc(N4CCN(C)CC4)cc3)c2)cn1. The number of piperazine rings is 1. The normalized spacial score (nSPS) is 15.6. The number of anilines is 4. The van der Waals surface area contributed by atoms with Gasteiger partial charge in [0.25, 0.3) is 11.8 Å². The zero-order chi connectivity index (χ0) is 29.9. The van der Waals surface area contributed by atoms with Gasteiger partial charge < -0.3 is 25.8 Å². The lowest BCUT2D eigenvalue weighted by molar-refractivity contribution is -0.110. The van der Waals surface area contributed by atoms with Crippen LogP contribution < -0.4 is 20.9 Å². The Labute approximate surface area is 250 Å². The predicted molar refractivity (Wildman–Crippen MR) is 170 cm³/mol. The van der Waals surface area contributed by atoms with E-state index < -0.39 is 0 Å². The second-order valence-corrected chi connectivity index (χ2v) is 10.8. The van der Waals surface area contributed by atoms with E-state index in [1.807, 2.05) is 19.1 Å². The number of carbonyl (C=O) groups excluding carboxylic acids is 3. The van der Waals surface area contributed by atoms with Gasteiger partial charge in [0, 0.05) is 83.7 Å². The number of rotatable bonds is 7. The Hall–Kier alpha value is -5.28.